The number of benzene rings is 1. The Morgan fingerprint density at radius 3 is 2.77 bits per heavy atom. The summed E-state index contributed by atoms with van der Waals surface area (Å²) in [4.78, 5) is 14.2. The van der Waals surface area contributed by atoms with Crippen molar-refractivity contribution in [3.8, 4) is 0 Å². The average Bonchev–Trinajstić information content (AvgIpc) is 3.08. The summed E-state index contributed by atoms with van der Waals surface area (Å²) in [6, 6.07) is 8.05. The second kappa shape index (κ2) is 4.53. The van der Waals surface area contributed by atoms with Crippen molar-refractivity contribution in [3.63, 3.8) is 0 Å². The van der Waals surface area contributed by atoms with Crippen molar-refractivity contribution in [3.05, 3.63) is 53.2 Å². The van der Waals surface area contributed by atoms with E-state index in [-0.39, 0.29) is 11.6 Å². The second-order valence-corrected chi connectivity index (χ2v) is 5.34. The van der Waals surface area contributed by atoms with Gasteiger partial charge in [-0.25, -0.2) is 15.0 Å². The van der Waals surface area contributed by atoms with E-state index in [1.807, 2.05) is 18.2 Å². The first-order valence-electron chi connectivity index (χ1n) is 6.90. The van der Waals surface area contributed by atoms with Crippen molar-refractivity contribution in [2.24, 2.45) is 0 Å². The van der Waals surface area contributed by atoms with Crippen LogP contribution in [0.1, 0.15) is 35.1 Å². The number of hydrogen-bond acceptors (Lipinski definition) is 3. The zero-order chi connectivity index (χ0) is 15.3. The molecule has 0 aliphatic heterocycles. The van der Waals surface area contributed by atoms with Crippen LogP contribution < -0.4 is 0 Å². The van der Waals surface area contributed by atoms with Crippen LogP contribution >= 0.6 is 0 Å². The molecule has 0 fully saturated rings. The molecule has 1 atom stereocenters. The van der Waals surface area contributed by atoms with Gasteiger partial charge in [-0.15, -0.1) is 0 Å². The highest BCUT2D eigenvalue weighted by Gasteiger charge is 2.35. The standard InChI is InChI=1S/C15H11F3N4/c16-15(17,18)14-19-7-11-13(22-14)21-12(20-11)10-6-5-8-3-1-2-4-9(8)10/h1-4,7,10H,5-6H2,(H,19,20,21,22). The van der Waals surface area contributed by atoms with Gasteiger partial charge in [0.25, 0.3) is 0 Å². The first kappa shape index (κ1) is 13.2. The minimum absolute atomic E-state index is 0.0571. The number of alkyl halides is 3. The maximum absolute atomic E-state index is 12.7. The average molecular weight is 304 g/mol. The number of nitrogens with one attached hydrogen (secondary N) is 1. The molecule has 1 aliphatic carbocycles. The lowest BCUT2D eigenvalue weighted by atomic mass is 10.0. The van der Waals surface area contributed by atoms with Gasteiger partial charge in [0.15, 0.2) is 5.65 Å². The molecule has 112 valence electrons. The Balaban J connectivity index is 1.78. The Labute approximate surface area is 123 Å². The Hall–Kier alpha value is -2.44. The smallest absolute Gasteiger partial charge is 0.339 e. The number of aromatic amines is 1. The van der Waals surface area contributed by atoms with Crippen LogP contribution in [0.15, 0.2) is 30.5 Å². The number of rotatable bonds is 1. The third-order valence-electron chi connectivity index (χ3n) is 3.97. The topological polar surface area (TPSA) is 54.5 Å². The van der Waals surface area contributed by atoms with Gasteiger partial charge in [0.05, 0.1) is 6.20 Å². The highest BCUT2D eigenvalue weighted by atomic mass is 19.4. The molecule has 4 rings (SSSR count). The predicted octanol–water partition coefficient (Wildman–Crippen LogP) is 3.45. The largest absolute Gasteiger partial charge is 0.451 e. The van der Waals surface area contributed by atoms with Gasteiger partial charge in [0, 0.05) is 5.92 Å². The van der Waals surface area contributed by atoms with Crippen LogP contribution in [-0.2, 0) is 12.6 Å². The number of aryl methyl sites for hydroxylation is 1. The first-order valence-corrected chi connectivity index (χ1v) is 6.90. The van der Waals surface area contributed by atoms with E-state index in [0.29, 0.717) is 11.3 Å². The number of aromatic nitrogens is 4. The molecule has 1 aliphatic rings. The molecule has 3 aromatic rings. The molecule has 22 heavy (non-hydrogen) atoms. The summed E-state index contributed by atoms with van der Waals surface area (Å²) < 4.78 is 38.0. The predicted molar refractivity (Wildman–Crippen MR) is 73.3 cm³/mol. The third kappa shape index (κ3) is 2.04. The number of imidazole rings is 1. The van der Waals surface area contributed by atoms with Crippen molar-refractivity contribution in [1.29, 1.82) is 0 Å². The molecule has 0 spiro atoms. The molecule has 1 unspecified atom stereocenters. The minimum atomic E-state index is -4.56. The van der Waals surface area contributed by atoms with E-state index in [1.165, 1.54) is 11.1 Å². The van der Waals surface area contributed by atoms with Crippen molar-refractivity contribution < 1.29 is 13.2 Å². The van der Waals surface area contributed by atoms with E-state index in [1.54, 1.807) is 0 Å². The van der Waals surface area contributed by atoms with E-state index >= 15 is 0 Å². The minimum Gasteiger partial charge on any atom is -0.339 e. The number of hydrogen-bond donors (Lipinski definition) is 1. The van der Waals surface area contributed by atoms with Crippen LogP contribution in [0.3, 0.4) is 0 Å². The Morgan fingerprint density at radius 1 is 1.14 bits per heavy atom. The quantitative estimate of drug-likeness (QED) is 0.749. The fraction of sp³-hybridized carbons (Fsp3) is 0.267. The molecular weight excluding hydrogens is 293 g/mol. The number of halogens is 3. The normalized spacial score (nSPS) is 17.9. The summed E-state index contributed by atoms with van der Waals surface area (Å²) in [5, 5.41) is 0. The molecule has 1 N–H and O–H groups in total. The first-order chi connectivity index (χ1) is 10.5. The lowest BCUT2D eigenvalue weighted by Crippen LogP contribution is -2.10. The monoisotopic (exact) mass is 304 g/mol. The highest BCUT2D eigenvalue weighted by molar-refractivity contribution is 5.69. The van der Waals surface area contributed by atoms with Gasteiger partial charge in [0.1, 0.15) is 11.3 Å². The summed E-state index contributed by atoms with van der Waals surface area (Å²) in [7, 11) is 0. The number of fused-ring (bicyclic) bond motifs is 2. The molecule has 0 bridgehead atoms. The number of H-pyrrole nitrogens is 1. The molecule has 0 saturated heterocycles. The summed E-state index contributed by atoms with van der Waals surface area (Å²) in [5.41, 5.74) is 2.91. The van der Waals surface area contributed by atoms with Crippen molar-refractivity contribution in [2.75, 3.05) is 0 Å². The summed E-state index contributed by atoms with van der Waals surface area (Å²) in [5.74, 6) is -0.446. The SMILES string of the molecule is FC(F)(F)c1ncc2[nH]c(C3CCc4ccccc43)nc2n1. The molecule has 7 heteroatoms. The van der Waals surface area contributed by atoms with E-state index in [9.17, 15) is 13.2 Å². The Kier molecular flexibility index (Phi) is 2.72. The van der Waals surface area contributed by atoms with Crippen molar-refractivity contribution in [2.45, 2.75) is 24.9 Å². The number of nitrogens with zero attached hydrogens (tertiary/aromatic N) is 3. The van der Waals surface area contributed by atoms with E-state index in [2.05, 4.69) is 26.0 Å². The lowest BCUT2D eigenvalue weighted by molar-refractivity contribution is -0.144. The molecule has 2 heterocycles. The highest BCUT2D eigenvalue weighted by Crippen LogP contribution is 2.37. The van der Waals surface area contributed by atoms with E-state index in [4.69, 9.17) is 0 Å². The van der Waals surface area contributed by atoms with Crippen LogP contribution in [0, 0.1) is 0 Å². The van der Waals surface area contributed by atoms with Gasteiger partial charge < -0.3 is 4.98 Å². The van der Waals surface area contributed by atoms with Crippen molar-refractivity contribution in [1.82, 2.24) is 19.9 Å². The maximum atomic E-state index is 12.7. The summed E-state index contributed by atoms with van der Waals surface area (Å²) >= 11 is 0. The Bertz CT molecular complexity index is 853. The van der Waals surface area contributed by atoms with E-state index < -0.39 is 12.0 Å². The zero-order valence-electron chi connectivity index (χ0n) is 11.4. The molecule has 0 amide bonds. The lowest BCUT2D eigenvalue weighted by Gasteiger charge is -2.07. The zero-order valence-corrected chi connectivity index (χ0v) is 11.4. The summed E-state index contributed by atoms with van der Waals surface area (Å²) in [6.45, 7) is 0. The fourth-order valence-electron chi connectivity index (χ4n) is 2.97. The van der Waals surface area contributed by atoms with Gasteiger partial charge in [-0.2, -0.15) is 13.2 Å². The van der Waals surface area contributed by atoms with Crippen molar-refractivity contribution >= 4 is 11.2 Å². The third-order valence-corrected chi connectivity index (χ3v) is 3.97. The second-order valence-electron chi connectivity index (χ2n) is 5.34. The van der Waals surface area contributed by atoms with Crippen LogP contribution in [0.4, 0.5) is 13.2 Å². The molecule has 0 radical (unpaired) electrons. The molecule has 0 saturated carbocycles. The van der Waals surface area contributed by atoms with Crippen LogP contribution in [0.2, 0.25) is 0 Å². The van der Waals surface area contributed by atoms with Crippen LogP contribution in [0.5, 0.6) is 0 Å². The van der Waals surface area contributed by atoms with Gasteiger partial charge >= 0.3 is 6.18 Å². The summed E-state index contributed by atoms with van der Waals surface area (Å²) in [6.07, 6.45) is -1.59. The van der Waals surface area contributed by atoms with Crippen LogP contribution in [0.25, 0.3) is 11.2 Å². The van der Waals surface area contributed by atoms with Crippen LogP contribution in [-0.4, -0.2) is 19.9 Å². The van der Waals surface area contributed by atoms with Gasteiger partial charge in [-0.05, 0) is 24.0 Å². The van der Waals surface area contributed by atoms with Gasteiger partial charge in [-0.3, -0.25) is 0 Å². The molecule has 4 nitrogen and oxygen atoms in total. The molecule has 1 aromatic carbocycles. The maximum Gasteiger partial charge on any atom is 0.451 e. The fourth-order valence-corrected chi connectivity index (χ4v) is 2.97. The van der Waals surface area contributed by atoms with Gasteiger partial charge in [-0.1, -0.05) is 24.3 Å². The Morgan fingerprint density at radius 2 is 1.95 bits per heavy atom. The molecule has 2 aromatic heterocycles. The van der Waals surface area contributed by atoms with E-state index in [0.717, 1.165) is 19.0 Å². The molecular formula is C15H11F3N4. The van der Waals surface area contributed by atoms with Gasteiger partial charge in [0.2, 0.25) is 5.82 Å².